The summed E-state index contributed by atoms with van der Waals surface area (Å²) in [5, 5.41) is 0.679. The van der Waals surface area contributed by atoms with E-state index in [0.717, 1.165) is 12.8 Å². The molecule has 0 aliphatic carbocycles. The number of hydrogen-bond acceptors (Lipinski definition) is 2. The largest absolute Gasteiger partial charge is 0.0853 e. The predicted octanol–water partition coefficient (Wildman–Crippen LogP) is 14.6. The molecule has 48 heavy (non-hydrogen) atoms. The third-order valence-corrected chi connectivity index (χ3v) is 12.7. The van der Waals surface area contributed by atoms with Crippen LogP contribution in [0.5, 0.6) is 0 Å². The summed E-state index contributed by atoms with van der Waals surface area (Å²) in [7, 11) is 4.10. The summed E-state index contributed by atoms with van der Waals surface area (Å²) in [6.45, 7) is 13.4. The highest BCUT2D eigenvalue weighted by atomic mass is 33.1. The minimum absolute atomic E-state index is 0.340. The zero-order valence-corrected chi connectivity index (χ0v) is 30.7. The van der Waals surface area contributed by atoms with Gasteiger partial charge in [-0.15, -0.1) is 0 Å². The highest BCUT2D eigenvalue weighted by molar-refractivity contribution is 8.76. The SMILES string of the molecule is CC[C@@H](SS[C@H](CC)c1cc(-c2cccc(C)c2)ccc1-c1cccc(C)c1)c1cc(-c2cccc(C)c2)ccc1-c1cccc(C)c1. The second kappa shape index (κ2) is 15.5. The van der Waals surface area contributed by atoms with Crippen molar-refractivity contribution >= 4 is 21.6 Å². The summed E-state index contributed by atoms with van der Waals surface area (Å²) < 4.78 is 0. The standard InChI is InChI=1S/C46H46S2/c1-7-45(43-29-37(35-17-9-13-31(3)25-35)21-23-41(43)39-19-11-15-33(5)27-39)47-48-46(8-2)44-30-38(36-18-10-14-32(4)26-36)22-24-42(44)40-20-12-16-34(6)28-40/h9-30,45-46H,7-8H2,1-6H3/t45-,46-/m1/s1. The first kappa shape index (κ1) is 33.9. The van der Waals surface area contributed by atoms with Crippen LogP contribution < -0.4 is 0 Å². The zero-order valence-electron chi connectivity index (χ0n) is 29.1. The normalized spacial score (nSPS) is 12.5. The van der Waals surface area contributed by atoms with Crippen molar-refractivity contribution in [2.45, 2.75) is 64.9 Å². The van der Waals surface area contributed by atoms with Gasteiger partial charge in [0.05, 0.1) is 0 Å². The van der Waals surface area contributed by atoms with Crippen molar-refractivity contribution in [3.05, 3.63) is 167 Å². The van der Waals surface area contributed by atoms with E-state index in [9.17, 15) is 0 Å². The van der Waals surface area contributed by atoms with Gasteiger partial charge in [0.2, 0.25) is 0 Å². The van der Waals surface area contributed by atoms with E-state index in [4.69, 9.17) is 0 Å². The maximum absolute atomic E-state index is 2.46. The first-order chi connectivity index (χ1) is 23.3. The molecule has 0 saturated carbocycles. The van der Waals surface area contributed by atoms with Crippen LogP contribution >= 0.6 is 21.6 Å². The molecular weight excluding hydrogens is 617 g/mol. The molecule has 0 aliphatic rings. The van der Waals surface area contributed by atoms with E-state index < -0.39 is 0 Å². The van der Waals surface area contributed by atoms with Gasteiger partial charge >= 0.3 is 0 Å². The van der Waals surface area contributed by atoms with Gasteiger partial charge in [0.25, 0.3) is 0 Å². The molecule has 0 radical (unpaired) electrons. The number of hydrogen-bond donors (Lipinski definition) is 0. The van der Waals surface area contributed by atoms with E-state index in [1.54, 1.807) is 0 Å². The summed E-state index contributed by atoms with van der Waals surface area (Å²) in [5.74, 6) is 0. The summed E-state index contributed by atoms with van der Waals surface area (Å²) in [6.07, 6.45) is 2.11. The Balaban J connectivity index is 1.39. The lowest BCUT2D eigenvalue weighted by Gasteiger charge is -2.24. The average molecular weight is 663 g/mol. The Morgan fingerprint density at radius 1 is 0.375 bits per heavy atom. The molecule has 2 atom stereocenters. The highest BCUT2D eigenvalue weighted by Gasteiger charge is 2.23. The molecule has 0 fully saturated rings. The Kier molecular flexibility index (Phi) is 10.9. The van der Waals surface area contributed by atoms with Crippen LogP contribution in [0.25, 0.3) is 44.5 Å². The molecule has 242 valence electrons. The summed E-state index contributed by atoms with van der Waals surface area (Å²) in [4.78, 5) is 0. The van der Waals surface area contributed by atoms with Crippen LogP contribution in [0.2, 0.25) is 0 Å². The van der Waals surface area contributed by atoms with Gasteiger partial charge < -0.3 is 0 Å². The van der Waals surface area contributed by atoms with Crippen LogP contribution in [-0.2, 0) is 0 Å². The molecule has 6 aromatic carbocycles. The minimum atomic E-state index is 0.340. The fraction of sp³-hybridized carbons (Fsp3) is 0.217. The van der Waals surface area contributed by atoms with Crippen molar-refractivity contribution in [3.8, 4) is 44.5 Å². The van der Waals surface area contributed by atoms with Crippen molar-refractivity contribution in [1.82, 2.24) is 0 Å². The number of benzene rings is 6. The lowest BCUT2D eigenvalue weighted by atomic mass is 9.91. The van der Waals surface area contributed by atoms with Gasteiger partial charge in [-0.25, -0.2) is 0 Å². The zero-order chi connectivity index (χ0) is 33.6. The quantitative estimate of drug-likeness (QED) is 0.127. The third-order valence-electron chi connectivity index (χ3n) is 9.19. The van der Waals surface area contributed by atoms with Crippen LogP contribution in [-0.4, -0.2) is 0 Å². The smallest absolute Gasteiger partial charge is 0.0405 e. The maximum Gasteiger partial charge on any atom is 0.0405 e. The fourth-order valence-corrected chi connectivity index (χ4v) is 10.0. The Bertz CT molecular complexity index is 1870. The van der Waals surface area contributed by atoms with Gasteiger partial charge in [0.15, 0.2) is 0 Å². The molecule has 6 aromatic rings. The molecule has 0 nitrogen and oxygen atoms in total. The summed E-state index contributed by atoms with van der Waals surface area (Å²) in [6, 6.07) is 50.0. The molecule has 0 heterocycles. The van der Waals surface area contributed by atoms with Gasteiger partial charge in [0, 0.05) is 10.5 Å². The van der Waals surface area contributed by atoms with Gasteiger partial charge in [-0.2, -0.15) is 0 Å². The average Bonchev–Trinajstić information content (AvgIpc) is 3.10. The van der Waals surface area contributed by atoms with E-state index in [1.807, 2.05) is 0 Å². The maximum atomic E-state index is 2.46. The molecule has 0 bridgehead atoms. The van der Waals surface area contributed by atoms with Crippen molar-refractivity contribution in [1.29, 1.82) is 0 Å². The number of aryl methyl sites for hydroxylation is 4. The molecule has 0 N–H and O–H groups in total. The van der Waals surface area contributed by atoms with Crippen molar-refractivity contribution < 1.29 is 0 Å². The molecule has 0 unspecified atom stereocenters. The molecular formula is C46H46S2. The molecule has 6 rings (SSSR count). The molecule has 0 aliphatic heterocycles. The Hall–Kier alpha value is -3.98. The van der Waals surface area contributed by atoms with Crippen LogP contribution in [0.4, 0.5) is 0 Å². The Morgan fingerprint density at radius 3 is 1.02 bits per heavy atom. The first-order valence-corrected chi connectivity index (χ1v) is 19.5. The monoisotopic (exact) mass is 662 g/mol. The molecule has 0 amide bonds. The van der Waals surface area contributed by atoms with Gasteiger partial charge in [-0.1, -0.05) is 179 Å². The van der Waals surface area contributed by atoms with Crippen molar-refractivity contribution in [3.63, 3.8) is 0 Å². The van der Waals surface area contributed by atoms with Crippen molar-refractivity contribution in [2.24, 2.45) is 0 Å². The van der Waals surface area contributed by atoms with Gasteiger partial charge in [-0.05, 0) is 108 Å². The second-order valence-corrected chi connectivity index (χ2v) is 15.7. The van der Waals surface area contributed by atoms with Crippen LogP contribution in [0.1, 0.15) is 70.6 Å². The fourth-order valence-electron chi connectivity index (χ4n) is 6.63. The predicted molar refractivity (Wildman–Crippen MR) is 215 cm³/mol. The summed E-state index contributed by atoms with van der Waals surface area (Å²) >= 11 is 0. The lowest BCUT2D eigenvalue weighted by molar-refractivity contribution is 0.895. The van der Waals surface area contributed by atoms with E-state index in [1.165, 1.54) is 77.9 Å². The van der Waals surface area contributed by atoms with Crippen LogP contribution in [0.15, 0.2) is 133 Å². The molecule has 0 saturated heterocycles. The first-order valence-electron chi connectivity index (χ1n) is 17.2. The van der Waals surface area contributed by atoms with E-state index in [-0.39, 0.29) is 0 Å². The summed E-state index contributed by atoms with van der Waals surface area (Å²) in [5.41, 5.74) is 18.4. The van der Waals surface area contributed by atoms with E-state index in [0.29, 0.717) is 10.5 Å². The molecule has 0 spiro atoms. The Morgan fingerprint density at radius 2 is 0.688 bits per heavy atom. The van der Waals surface area contributed by atoms with Crippen molar-refractivity contribution in [2.75, 3.05) is 0 Å². The van der Waals surface area contributed by atoms with Gasteiger partial charge in [-0.3, -0.25) is 0 Å². The number of rotatable bonds is 11. The lowest BCUT2D eigenvalue weighted by Crippen LogP contribution is -2.00. The minimum Gasteiger partial charge on any atom is -0.0853 e. The molecule has 2 heteroatoms. The topological polar surface area (TPSA) is 0 Å². The Labute approximate surface area is 296 Å². The molecule has 0 aromatic heterocycles. The van der Waals surface area contributed by atoms with Gasteiger partial charge in [0.1, 0.15) is 0 Å². The third kappa shape index (κ3) is 7.83. The highest BCUT2D eigenvalue weighted by Crippen LogP contribution is 2.52. The van der Waals surface area contributed by atoms with E-state index in [2.05, 4.69) is 197 Å². The van der Waals surface area contributed by atoms with E-state index >= 15 is 0 Å². The van der Waals surface area contributed by atoms with Crippen LogP contribution in [0, 0.1) is 27.7 Å². The van der Waals surface area contributed by atoms with Crippen LogP contribution in [0.3, 0.4) is 0 Å². The second-order valence-electron chi connectivity index (χ2n) is 13.1.